The fourth-order valence-electron chi connectivity index (χ4n) is 3.65. The van der Waals surface area contributed by atoms with Gasteiger partial charge in [0.25, 0.3) is 11.7 Å². The molecule has 7 heteroatoms. The number of aromatic hydroxyl groups is 1. The van der Waals surface area contributed by atoms with Gasteiger partial charge in [0.2, 0.25) is 0 Å². The highest BCUT2D eigenvalue weighted by atomic mass is 35.5. The number of methoxy groups -OCH3 is 1. The van der Waals surface area contributed by atoms with Crippen LogP contribution in [0.2, 0.25) is 5.02 Å². The van der Waals surface area contributed by atoms with Crippen LogP contribution in [0.5, 0.6) is 11.5 Å². The summed E-state index contributed by atoms with van der Waals surface area (Å²) in [6.45, 7) is 2.42. The number of carbonyl (C=O) groups is 2. The molecular weight excluding hydrogens is 406 g/mol. The first kappa shape index (κ1) is 21.7. The number of phenolic OH excluding ortho intramolecular Hbond substituents is 1. The van der Waals surface area contributed by atoms with Crippen molar-refractivity contribution < 1.29 is 24.5 Å². The first-order valence-electron chi connectivity index (χ1n) is 9.80. The Balaban J connectivity index is 2.13. The van der Waals surface area contributed by atoms with Gasteiger partial charge in [-0.15, -0.1) is 0 Å². The molecule has 0 radical (unpaired) electrons. The van der Waals surface area contributed by atoms with Gasteiger partial charge in [0, 0.05) is 12.1 Å². The van der Waals surface area contributed by atoms with E-state index in [1.807, 2.05) is 6.92 Å². The molecule has 3 rings (SSSR count). The highest BCUT2D eigenvalue weighted by Gasteiger charge is 2.45. The average Bonchev–Trinajstić information content (AvgIpc) is 2.98. The van der Waals surface area contributed by atoms with Gasteiger partial charge in [0.15, 0.2) is 0 Å². The van der Waals surface area contributed by atoms with E-state index in [0.29, 0.717) is 23.4 Å². The zero-order chi connectivity index (χ0) is 21.8. The summed E-state index contributed by atoms with van der Waals surface area (Å²) < 4.78 is 5.13. The Morgan fingerprint density at radius 2 is 1.93 bits per heavy atom. The Morgan fingerprint density at radius 1 is 1.17 bits per heavy atom. The molecule has 0 aliphatic carbocycles. The fraction of sp³-hybridized carbons (Fsp3) is 0.304. The highest BCUT2D eigenvalue weighted by Crippen LogP contribution is 2.41. The van der Waals surface area contributed by atoms with Gasteiger partial charge in [0.1, 0.15) is 17.3 Å². The summed E-state index contributed by atoms with van der Waals surface area (Å²) >= 11 is 6.18. The molecule has 1 amide bonds. The third-order valence-electron chi connectivity index (χ3n) is 5.15. The molecule has 0 aromatic heterocycles. The van der Waals surface area contributed by atoms with E-state index in [4.69, 9.17) is 16.3 Å². The maximum Gasteiger partial charge on any atom is 0.295 e. The van der Waals surface area contributed by atoms with E-state index in [1.165, 1.54) is 30.2 Å². The molecule has 1 aliphatic heterocycles. The lowest BCUT2D eigenvalue weighted by molar-refractivity contribution is -0.139. The third-order valence-corrected chi connectivity index (χ3v) is 5.45. The molecule has 0 bridgehead atoms. The molecule has 1 aliphatic rings. The number of hydrogen-bond donors (Lipinski definition) is 2. The second-order valence-corrected chi connectivity index (χ2v) is 7.55. The van der Waals surface area contributed by atoms with Crippen LogP contribution >= 0.6 is 11.6 Å². The quantitative estimate of drug-likeness (QED) is 0.289. The van der Waals surface area contributed by atoms with Gasteiger partial charge in [-0.3, -0.25) is 9.59 Å². The molecule has 6 nitrogen and oxygen atoms in total. The number of hydrogen-bond acceptors (Lipinski definition) is 5. The van der Waals surface area contributed by atoms with Crippen LogP contribution in [0.1, 0.15) is 43.4 Å². The maximum absolute atomic E-state index is 12.9. The van der Waals surface area contributed by atoms with Crippen molar-refractivity contribution in [1.29, 1.82) is 0 Å². The van der Waals surface area contributed by atoms with Crippen LogP contribution in [-0.2, 0) is 9.59 Å². The second-order valence-electron chi connectivity index (χ2n) is 7.14. The van der Waals surface area contributed by atoms with E-state index in [1.54, 1.807) is 24.3 Å². The van der Waals surface area contributed by atoms with Crippen LogP contribution in [-0.4, -0.2) is 40.5 Å². The van der Waals surface area contributed by atoms with Crippen LogP contribution in [0.4, 0.5) is 0 Å². The molecule has 2 aromatic carbocycles. The lowest BCUT2D eigenvalue weighted by atomic mass is 9.95. The molecule has 1 saturated heterocycles. The number of ketones is 1. The Kier molecular flexibility index (Phi) is 6.67. The summed E-state index contributed by atoms with van der Waals surface area (Å²) in [7, 11) is 1.48. The van der Waals surface area contributed by atoms with Crippen LogP contribution in [0.15, 0.2) is 48.0 Å². The van der Waals surface area contributed by atoms with Gasteiger partial charge >= 0.3 is 0 Å². The van der Waals surface area contributed by atoms with Crippen molar-refractivity contribution in [3.8, 4) is 11.5 Å². The molecule has 1 fully saturated rings. The smallest absolute Gasteiger partial charge is 0.295 e. The normalized spacial score (nSPS) is 18.1. The zero-order valence-electron chi connectivity index (χ0n) is 16.9. The molecule has 30 heavy (non-hydrogen) atoms. The Morgan fingerprint density at radius 3 is 2.57 bits per heavy atom. The highest BCUT2D eigenvalue weighted by molar-refractivity contribution is 6.46. The molecule has 1 heterocycles. The molecule has 1 unspecified atom stereocenters. The minimum atomic E-state index is -0.796. The number of benzene rings is 2. The second kappa shape index (κ2) is 9.22. The maximum atomic E-state index is 12.9. The number of halogens is 1. The van der Waals surface area contributed by atoms with Crippen molar-refractivity contribution in [3.63, 3.8) is 0 Å². The predicted octanol–water partition coefficient (Wildman–Crippen LogP) is 4.67. The Labute approximate surface area is 180 Å². The minimum Gasteiger partial charge on any atom is -0.508 e. The zero-order valence-corrected chi connectivity index (χ0v) is 17.6. The first-order valence-corrected chi connectivity index (χ1v) is 10.2. The first-order chi connectivity index (χ1) is 14.4. The Bertz CT molecular complexity index is 1000. The van der Waals surface area contributed by atoms with Crippen LogP contribution in [0.25, 0.3) is 5.76 Å². The minimum absolute atomic E-state index is 0.0131. The molecule has 1 atom stereocenters. The molecule has 158 valence electrons. The van der Waals surface area contributed by atoms with Gasteiger partial charge < -0.3 is 19.8 Å². The number of phenols is 1. The van der Waals surface area contributed by atoms with Crippen molar-refractivity contribution in [2.45, 2.75) is 32.2 Å². The summed E-state index contributed by atoms with van der Waals surface area (Å²) in [5.74, 6) is -1.30. The van der Waals surface area contributed by atoms with E-state index in [2.05, 4.69) is 0 Å². The summed E-state index contributed by atoms with van der Waals surface area (Å²) in [5, 5.41) is 21.2. The molecule has 2 N–H and O–H groups in total. The SMILES string of the molecule is CCCCCN1C(=O)C(=O)/C(=C(\O)c2ccc(OC)c(Cl)c2)C1c1cccc(O)c1. The lowest BCUT2D eigenvalue weighted by Gasteiger charge is -2.25. The van der Waals surface area contributed by atoms with Crippen LogP contribution in [0.3, 0.4) is 0 Å². The van der Waals surface area contributed by atoms with E-state index >= 15 is 0 Å². The van der Waals surface area contributed by atoms with Gasteiger partial charge in [-0.1, -0.05) is 43.5 Å². The van der Waals surface area contributed by atoms with E-state index in [-0.39, 0.29) is 22.1 Å². The number of aliphatic hydroxyl groups excluding tert-OH is 1. The summed E-state index contributed by atoms with van der Waals surface area (Å²) in [5.41, 5.74) is 0.827. The number of unbranched alkanes of at least 4 members (excludes halogenated alkanes) is 2. The predicted molar refractivity (Wildman–Crippen MR) is 115 cm³/mol. The summed E-state index contributed by atoms with van der Waals surface area (Å²) in [4.78, 5) is 27.2. The van der Waals surface area contributed by atoms with E-state index < -0.39 is 17.7 Å². The Hall–Kier alpha value is -2.99. The van der Waals surface area contributed by atoms with E-state index in [9.17, 15) is 19.8 Å². The number of likely N-dealkylation sites (tertiary alicyclic amines) is 1. The number of Topliss-reactive ketones (excluding diaryl/α,β-unsaturated/α-hetero) is 1. The van der Waals surface area contributed by atoms with Crippen molar-refractivity contribution in [2.75, 3.05) is 13.7 Å². The van der Waals surface area contributed by atoms with Crippen LogP contribution < -0.4 is 4.74 Å². The summed E-state index contributed by atoms with van der Waals surface area (Å²) in [6.07, 6.45) is 2.60. The number of nitrogens with zero attached hydrogens (tertiary/aromatic N) is 1. The monoisotopic (exact) mass is 429 g/mol. The van der Waals surface area contributed by atoms with Crippen LogP contribution in [0, 0.1) is 0 Å². The van der Waals surface area contributed by atoms with Gasteiger partial charge in [0.05, 0.1) is 23.7 Å². The van der Waals surface area contributed by atoms with Gasteiger partial charge in [-0.05, 0) is 42.3 Å². The largest absolute Gasteiger partial charge is 0.508 e. The molecular formula is C23H24ClNO5. The number of rotatable bonds is 7. The molecule has 0 saturated carbocycles. The number of aliphatic hydroxyl groups is 1. The van der Waals surface area contributed by atoms with Gasteiger partial charge in [-0.25, -0.2) is 0 Å². The van der Waals surface area contributed by atoms with Crippen molar-refractivity contribution in [2.24, 2.45) is 0 Å². The van der Waals surface area contributed by atoms with Crippen molar-refractivity contribution in [1.82, 2.24) is 4.90 Å². The lowest BCUT2D eigenvalue weighted by Crippen LogP contribution is -2.30. The number of ether oxygens (including phenoxy) is 1. The third kappa shape index (κ3) is 4.14. The van der Waals surface area contributed by atoms with Crippen molar-refractivity contribution in [3.05, 3.63) is 64.2 Å². The standard InChI is InChI=1S/C23H24ClNO5/c1-3-4-5-11-25-20(14-7-6-8-16(26)12-14)19(22(28)23(25)29)21(27)15-9-10-18(30-2)17(24)13-15/h6-10,12-13,20,26-27H,3-5,11H2,1-2H3/b21-19-. The summed E-state index contributed by atoms with van der Waals surface area (Å²) in [6, 6.07) is 10.2. The van der Waals surface area contributed by atoms with Gasteiger partial charge in [-0.2, -0.15) is 0 Å². The molecule has 0 spiro atoms. The van der Waals surface area contributed by atoms with Crippen molar-refractivity contribution >= 4 is 29.1 Å². The molecule has 2 aromatic rings. The average molecular weight is 430 g/mol. The fourth-order valence-corrected chi connectivity index (χ4v) is 3.91. The topological polar surface area (TPSA) is 87.1 Å². The van der Waals surface area contributed by atoms with E-state index in [0.717, 1.165) is 19.3 Å². The number of carbonyl (C=O) groups excluding carboxylic acids is 2. The number of amides is 1.